The molecule has 2 fully saturated rings. The topological polar surface area (TPSA) is 139 Å². The van der Waals surface area contributed by atoms with Gasteiger partial charge in [0, 0.05) is 22.2 Å². The Morgan fingerprint density at radius 1 is 0.918 bits per heavy atom. The molecule has 0 radical (unpaired) electrons. The van der Waals surface area contributed by atoms with Gasteiger partial charge in [0.1, 0.15) is 35.9 Å². The molecule has 2 heterocycles. The number of esters is 2. The highest BCUT2D eigenvalue weighted by Crippen LogP contribution is 2.43. The summed E-state index contributed by atoms with van der Waals surface area (Å²) in [5.41, 5.74) is 1.73. The third-order valence-corrected chi connectivity index (χ3v) is 21.9. The number of rotatable bonds is 15. The first-order chi connectivity index (χ1) is 28.1. The lowest BCUT2D eigenvalue weighted by atomic mass is 9.93. The van der Waals surface area contributed by atoms with Crippen LogP contribution in [0.25, 0.3) is 0 Å². The molecule has 0 amide bonds. The largest absolute Gasteiger partial charge is 0.495 e. The second-order valence-corrected chi connectivity index (χ2v) is 30.0. The summed E-state index contributed by atoms with van der Waals surface area (Å²) in [6.07, 6.45) is 3.36. The van der Waals surface area contributed by atoms with Gasteiger partial charge in [-0.2, -0.15) is 5.06 Å². The maximum absolute atomic E-state index is 12.6. The summed E-state index contributed by atoms with van der Waals surface area (Å²) >= 11 is 18.9. The summed E-state index contributed by atoms with van der Waals surface area (Å²) in [6, 6.07) is 6.68. The van der Waals surface area contributed by atoms with Crippen LogP contribution in [0, 0.1) is 5.92 Å². The Balaban J connectivity index is 0.000000351. The zero-order chi connectivity index (χ0) is 46.7. The minimum atomic E-state index is -1.95. The van der Waals surface area contributed by atoms with Crippen LogP contribution in [0.15, 0.2) is 45.4 Å². The van der Waals surface area contributed by atoms with Gasteiger partial charge in [0.2, 0.25) is 6.29 Å². The molecule has 0 bridgehead atoms. The number of methoxy groups -OCH3 is 2. The van der Waals surface area contributed by atoms with Gasteiger partial charge in [-0.1, -0.05) is 70.8 Å². The predicted molar refractivity (Wildman–Crippen MR) is 253 cm³/mol. The molecule has 2 saturated heterocycles. The molecule has 1 N–H and O–H groups in total. The summed E-state index contributed by atoms with van der Waals surface area (Å²) in [5, 5.41) is 12.0. The van der Waals surface area contributed by atoms with E-state index in [2.05, 4.69) is 99.6 Å². The van der Waals surface area contributed by atoms with Gasteiger partial charge in [-0.3, -0.25) is 14.4 Å². The number of halogens is 4. The molecular formula is C43H65Br2Cl2NO11Si2. The van der Waals surface area contributed by atoms with E-state index in [0.29, 0.717) is 42.0 Å². The van der Waals surface area contributed by atoms with E-state index in [1.165, 1.54) is 0 Å². The third-order valence-electron chi connectivity index (χ3n) is 11.3. The summed E-state index contributed by atoms with van der Waals surface area (Å²) in [6.45, 7) is 26.9. The highest BCUT2D eigenvalue weighted by atomic mass is 79.9. The van der Waals surface area contributed by atoms with Gasteiger partial charge < -0.3 is 32.9 Å². The zero-order valence-corrected chi connectivity index (χ0v) is 44.6. The number of aldehydes is 1. The second kappa shape index (κ2) is 23.9. The molecule has 2 aromatic carbocycles. The van der Waals surface area contributed by atoms with Crippen molar-refractivity contribution >= 4 is 89.9 Å². The number of aliphatic hydroxyl groups is 1. The van der Waals surface area contributed by atoms with E-state index in [4.69, 9.17) is 60.9 Å². The molecule has 0 spiro atoms. The molecule has 0 saturated carbocycles. The number of hydrogen-bond donors (Lipinski definition) is 1. The van der Waals surface area contributed by atoms with Crippen LogP contribution in [-0.2, 0) is 50.5 Å². The maximum atomic E-state index is 12.6. The molecular weight excluding hydrogens is 993 g/mol. The minimum Gasteiger partial charge on any atom is -0.495 e. The van der Waals surface area contributed by atoms with Gasteiger partial charge >= 0.3 is 11.9 Å². The van der Waals surface area contributed by atoms with Gasteiger partial charge in [-0.15, -0.1) is 0 Å². The van der Waals surface area contributed by atoms with Crippen molar-refractivity contribution in [2.75, 3.05) is 34.0 Å². The Kier molecular flexibility index (Phi) is 21.7. The number of fused-ring (bicyclic) bond motifs is 1. The van der Waals surface area contributed by atoms with E-state index in [0.717, 1.165) is 25.8 Å². The maximum Gasteiger partial charge on any atom is 0.371 e. The number of hydroxylamine groups is 2. The van der Waals surface area contributed by atoms with Crippen molar-refractivity contribution in [2.45, 2.75) is 129 Å². The van der Waals surface area contributed by atoms with E-state index in [1.807, 2.05) is 19.1 Å². The quantitative estimate of drug-likeness (QED) is 0.0597. The van der Waals surface area contributed by atoms with E-state index >= 15 is 0 Å². The second-order valence-electron chi connectivity index (χ2n) is 17.8. The minimum absolute atomic E-state index is 0.0865. The zero-order valence-electron chi connectivity index (χ0n) is 38.0. The fourth-order valence-electron chi connectivity index (χ4n) is 5.90. The molecule has 0 unspecified atom stereocenters. The fraction of sp³-hybridized carbons (Fsp3) is 0.605. The molecule has 61 heavy (non-hydrogen) atoms. The third kappa shape index (κ3) is 16.0. The number of carbonyl (C=O) groups excluding carboxylic acids is 3. The number of benzene rings is 2. The monoisotopic (exact) mass is 1060 g/mol. The van der Waals surface area contributed by atoms with Crippen molar-refractivity contribution in [3.63, 3.8) is 0 Å². The van der Waals surface area contributed by atoms with Crippen molar-refractivity contribution in [1.82, 2.24) is 5.06 Å². The molecule has 12 nitrogen and oxygen atoms in total. The predicted octanol–water partition coefficient (Wildman–Crippen LogP) is 10.5. The SMILES string of the molecule is COc1c(Br)cc(Cl)cc1CCO.COc1c(Br)cc(Cl)cc1CN1O[C@@H](CO[Si](C)(C)C(C)(C)C)[C@H]2[C@H](C)OC(=O)[C@H]21.C[C@@H](/C=C\CO[Si](C)(C)C(C)(C)C)OC(=O)C=O. The van der Waals surface area contributed by atoms with Crippen molar-refractivity contribution in [3.05, 3.63) is 66.5 Å². The van der Waals surface area contributed by atoms with E-state index in [-0.39, 0.29) is 47.1 Å². The molecule has 18 heteroatoms. The van der Waals surface area contributed by atoms with Crippen LogP contribution in [0.3, 0.4) is 0 Å². The van der Waals surface area contributed by atoms with E-state index < -0.39 is 34.7 Å². The summed E-state index contributed by atoms with van der Waals surface area (Å²) in [4.78, 5) is 39.7. The van der Waals surface area contributed by atoms with Crippen LogP contribution >= 0.6 is 55.1 Å². The smallest absolute Gasteiger partial charge is 0.371 e. The molecule has 0 aliphatic carbocycles. The Labute approximate surface area is 391 Å². The molecule has 344 valence electrons. The Hall–Kier alpha value is -1.84. The summed E-state index contributed by atoms with van der Waals surface area (Å²) in [5.74, 6) is 0.203. The lowest BCUT2D eigenvalue weighted by Gasteiger charge is -2.37. The van der Waals surface area contributed by atoms with Crippen LogP contribution in [0.4, 0.5) is 0 Å². The number of cyclic esters (lactones) is 1. The molecule has 0 aromatic heterocycles. The van der Waals surface area contributed by atoms with Crippen LogP contribution < -0.4 is 9.47 Å². The molecule has 2 aromatic rings. The van der Waals surface area contributed by atoms with Gasteiger partial charge in [-0.25, -0.2) is 4.79 Å². The molecule has 5 atom stereocenters. The molecule has 4 rings (SSSR count). The normalized spacial score (nSPS) is 19.9. The number of carbonyl (C=O) groups is 3. The Morgan fingerprint density at radius 3 is 1.92 bits per heavy atom. The average Bonchev–Trinajstić information content (AvgIpc) is 3.65. The van der Waals surface area contributed by atoms with Crippen molar-refractivity contribution in [1.29, 1.82) is 0 Å². The van der Waals surface area contributed by atoms with Crippen LogP contribution in [0.2, 0.25) is 46.3 Å². The highest BCUT2D eigenvalue weighted by Gasteiger charge is 2.57. The number of nitrogens with zero attached hydrogens (tertiary/aromatic N) is 1. The lowest BCUT2D eigenvalue weighted by molar-refractivity contribution is -0.195. The van der Waals surface area contributed by atoms with Gasteiger partial charge in [-0.05, 0) is 124 Å². The van der Waals surface area contributed by atoms with Crippen molar-refractivity contribution < 1.29 is 52.1 Å². The first kappa shape index (κ1) is 55.3. The fourth-order valence-corrected chi connectivity index (χ4v) is 9.93. The van der Waals surface area contributed by atoms with Crippen LogP contribution in [0.5, 0.6) is 11.5 Å². The Bertz CT molecular complexity index is 1820. The van der Waals surface area contributed by atoms with Gasteiger partial charge in [0.25, 0.3) is 0 Å². The standard InChI is InChI=1S/C21H31BrClNO5Si.C13H24O4Si.C9H10BrClO2/c1-12-17-16(11-27-30(6,7)21(2,3)4)29-24(18(17)20(25)28-12)10-13-8-14(23)9-15(22)19(13)26-5;1-11(17-12(15)10-14)8-7-9-16-18(5,6)13(2,3)4;1-13-9-6(2-3-12)4-7(11)5-8(9)10/h8-9,12,16-18H,10-11H2,1-7H3;7-8,10-11H,9H2,1-6H3;4-5,12H,2-3H2,1H3/b;8-7-;/t12-,16-,17+,18-;11-;/m00./s1. The van der Waals surface area contributed by atoms with Crippen molar-refractivity contribution in [2.24, 2.45) is 5.92 Å². The van der Waals surface area contributed by atoms with Crippen molar-refractivity contribution in [3.8, 4) is 11.5 Å². The first-order valence-corrected chi connectivity index (χ1v) is 28.2. The lowest BCUT2D eigenvalue weighted by Crippen LogP contribution is -2.44. The highest BCUT2D eigenvalue weighted by molar-refractivity contribution is 9.11. The molecule has 2 aliphatic rings. The summed E-state index contributed by atoms with van der Waals surface area (Å²) < 4.78 is 34.9. The van der Waals surface area contributed by atoms with Gasteiger partial charge in [0.05, 0.1) is 48.8 Å². The first-order valence-electron chi connectivity index (χ1n) is 20.0. The van der Waals surface area contributed by atoms with Crippen LogP contribution in [0.1, 0.15) is 66.5 Å². The molecule has 2 aliphatic heterocycles. The number of aliphatic hydroxyl groups excluding tert-OH is 1. The number of ether oxygens (including phenoxy) is 4. The average molecular weight is 1060 g/mol. The van der Waals surface area contributed by atoms with E-state index in [9.17, 15) is 14.4 Å². The number of hydrogen-bond acceptors (Lipinski definition) is 12. The summed E-state index contributed by atoms with van der Waals surface area (Å²) in [7, 11) is -0.484. The Morgan fingerprint density at radius 2 is 1.43 bits per heavy atom. The van der Waals surface area contributed by atoms with Crippen LogP contribution in [-0.4, -0.2) is 103 Å². The van der Waals surface area contributed by atoms with Gasteiger partial charge in [0.15, 0.2) is 16.6 Å². The van der Waals surface area contributed by atoms with E-state index in [1.54, 1.807) is 50.5 Å².